The van der Waals surface area contributed by atoms with Gasteiger partial charge in [-0.2, -0.15) is 0 Å². The van der Waals surface area contributed by atoms with E-state index in [2.05, 4.69) is 5.32 Å². The van der Waals surface area contributed by atoms with Crippen LogP contribution in [0, 0.1) is 15.9 Å². The van der Waals surface area contributed by atoms with E-state index in [0.29, 0.717) is 6.07 Å². The molecular formula is C10H12F3N3O4S. The lowest BCUT2D eigenvalue weighted by atomic mass is 10.2. The van der Waals surface area contributed by atoms with E-state index in [0.717, 1.165) is 6.07 Å². The highest BCUT2D eigenvalue weighted by Crippen LogP contribution is 2.29. The van der Waals surface area contributed by atoms with Crippen LogP contribution in [-0.4, -0.2) is 32.9 Å². The smallest absolute Gasteiger partial charge is 0.274 e. The number of hydrogen-bond acceptors (Lipinski definition) is 5. The molecular weight excluding hydrogens is 315 g/mol. The van der Waals surface area contributed by atoms with E-state index in [1.807, 2.05) is 0 Å². The molecule has 2 N–H and O–H groups in total. The van der Waals surface area contributed by atoms with Crippen LogP contribution in [0.15, 0.2) is 17.0 Å². The second kappa shape index (κ2) is 6.72. The highest BCUT2D eigenvalue weighted by Gasteiger charge is 2.27. The maximum atomic E-state index is 13.9. The average Bonchev–Trinajstić information content (AvgIpc) is 2.36. The van der Waals surface area contributed by atoms with Crippen molar-refractivity contribution >= 4 is 21.4 Å². The zero-order chi connectivity index (χ0) is 16.2. The molecule has 21 heavy (non-hydrogen) atoms. The Bertz CT molecular complexity index is 637. The van der Waals surface area contributed by atoms with Crippen LogP contribution < -0.4 is 10.0 Å². The van der Waals surface area contributed by atoms with Gasteiger partial charge in [-0.05, 0) is 6.92 Å². The molecule has 0 heterocycles. The first-order chi connectivity index (χ1) is 9.69. The van der Waals surface area contributed by atoms with Gasteiger partial charge in [0, 0.05) is 12.6 Å². The van der Waals surface area contributed by atoms with Crippen LogP contribution in [-0.2, 0) is 10.0 Å². The van der Waals surface area contributed by atoms with E-state index < -0.39 is 44.3 Å². The summed E-state index contributed by atoms with van der Waals surface area (Å²) in [7, 11) is -4.57. The quantitative estimate of drug-likeness (QED) is 0.586. The fraction of sp³-hybridized carbons (Fsp3) is 0.400. The summed E-state index contributed by atoms with van der Waals surface area (Å²) in [6.45, 7) is 0.516. The van der Waals surface area contributed by atoms with Gasteiger partial charge in [0.05, 0.1) is 23.2 Å². The van der Waals surface area contributed by atoms with Gasteiger partial charge in [0.1, 0.15) is 4.90 Å². The van der Waals surface area contributed by atoms with E-state index in [9.17, 15) is 31.7 Å². The van der Waals surface area contributed by atoms with Crippen LogP contribution in [0.2, 0.25) is 0 Å². The number of nitrogens with one attached hydrogen (secondary N) is 2. The van der Waals surface area contributed by atoms with Gasteiger partial charge in [-0.3, -0.25) is 10.1 Å². The summed E-state index contributed by atoms with van der Waals surface area (Å²) in [5.41, 5.74) is -1.03. The number of nitrogens with zero attached hydrogens (tertiary/aromatic N) is 1. The van der Waals surface area contributed by atoms with E-state index in [1.165, 1.54) is 4.72 Å². The Labute approximate surface area is 118 Å². The van der Waals surface area contributed by atoms with Crippen molar-refractivity contribution in [3.05, 3.63) is 28.1 Å². The molecule has 0 spiro atoms. The minimum atomic E-state index is -4.57. The van der Waals surface area contributed by atoms with Gasteiger partial charge < -0.3 is 5.32 Å². The van der Waals surface area contributed by atoms with Crippen molar-refractivity contribution in [1.29, 1.82) is 0 Å². The molecule has 1 aromatic carbocycles. The van der Waals surface area contributed by atoms with Crippen molar-refractivity contribution in [3.63, 3.8) is 0 Å². The largest absolute Gasteiger partial charge is 0.384 e. The van der Waals surface area contributed by atoms with E-state index in [-0.39, 0.29) is 12.2 Å². The van der Waals surface area contributed by atoms with Crippen molar-refractivity contribution in [2.24, 2.45) is 0 Å². The molecule has 11 heteroatoms. The zero-order valence-electron chi connectivity index (χ0n) is 10.8. The summed E-state index contributed by atoms with van der Waals surface area (Å²) in [5.74, 6) is -1.40. The Morgan fingerprint density at radius 2 is 2.00 bits per heavy atom. The summed E-state index contributed by atoms with van der Waals surface area (Å²) in [4.78, 5) is 8.80. The Morgan fingerprint density at radius 1 is 1.38 bits per heavy atom. The van der Waals surface area contributed by atoms with E-state index in [1.54, 1.807) is 6.92 Å². The molecule has 118 valence electrons. The number of alkyl halides is 2. The zero-order valence-corrected chi connectivity index (χ0v) is 11.6. The first kappa shape index (κ1) is 17.2. The third-order valence-electron chi connectivity index (χ3n) is 2.30. The third-order valence-corrected chi connectivity index (χ3v) is 3.80. The summed E-state index contributed by atoms with van der Waals surface area (Å²) in [6.07, 6.45) is -2.96. The molecule has 7 nitrogen and oxygen atoms in total. The summed E-state index contributed by atoms with van der Waals surface area (Å²) in [6, 6.07) is 1.24. The molecule has 0 aromatic heterocycles. The maximum absolute atomic E-state index is 13.9. The number of rotatable bonds is 7. The molecule has 0 unspecified atom stereocenters. The molecule has 0 aliphatic carbocycles. The molecule has 1 aromatic rings. The van der Waals surface area contributed by atoms with Crippen LogP contribution in [0.3, 0.4) is 0 Å². The van der Waals surface area contributed by atoms with Crippen LogP contribution in [0.5, 0.6) is 0 Å². The van der Waals surface area contributed by atoms with Crippen molar-refractivity contribution in [2.45, 2.75) is 18.2 Å². The fourth-order valence-corrected chi connectivity index (χ4v) is 2.75. The molecule has 1 rings (SSSR count). The third kappa shape index (κ3) is 4.29. The lowest BCUT2D eigenvalue weighted by Gasteiger charge is -2.13. The first-order valence-electron chi connectivity index (χ1n) is 5.68. The highest BCUT2D eigenvalue weighted by molar-refractivity contribution is 7.89. The Hall–Kier alpha value is -1.88. The topological polar surface area (TPSA) is 101 Å². The Kier molecular flexibility index (Phi) is 5.49. The Balaban J connectivity index is 3.36. The molecule has 0 aliphatic rings. The van der Waals surface area contributed by atoms with Gasteiger partial charge >= 0.3 is 0 Å². The second-order valence-electron chi connectivity index (χ2n) is 3.83. The molecule has 0 atom stereocenters. The number of anilines is 1. The van der Waals surface area contributed by atoms with Gasteiger partial charge in [-0.1, -0.05) is 0 Å². The molecule has 0 aliphatic heterocycles. The second-order valence-corrected chi connectivity index (χ2v) is 5.54. The van der Waals surface area contributed by atoms with Crippen LogP contribution >= 0.6 is 0 Å². The average molecular weight is 327 g/mol. The molecule has 0 fully saturated rings. The lowest BCUT2D eigenvalue weighted by molar-refractivity contribution is -0.385. The van der Waals surface area contributed by atoms with Crippen molar-refractivity contribution in [1.82, 2.24) is 4.72 Å². The normalized spacial score (nSPS) is 11.7. The van der Waals surface area contributed by atoms with Crippen molar-refractivity contribution in [2.75, 3.05) is 18.4 Å². The summed E-state index contributed by atoms with van der Waals surface area (Å²) >= 11 is 0. The predicted molar refractivity (Wildman–Crippen MR) is 68.4 cm³/mol. The van der Waals surface area contributed by atoms with Gasteiger partial charge in [0.15, 0.2) is 5.82 Å². The SMILES string of the molecule is CCNc1cc([N+](=O)[O-])cc(F)c1S(=O)(=O)NCC(F)F. The minimum absolute atomic E-state index is 0.151. The molecule has 0 saturated heterocycles. The van der Waals surface area contributed by atoms with Gasteiger partial charge in [-0.15, -0.1) is 0 Å². The number of halogens is 3. The monoisotopic (exact) mass is 327 g/mol. The van der Waals surface area contributed by atoms with Gasteiger partial charge in [0.2, 0.25) is 10.0 Å². The molecule has 0 saturated carbocycles. The van der Waals surface area contributed by atoms with Gasteiger partial charge in [-0.25, -0.2) is 26.3 Å². The first-order valence-corrected chi connectivity index (χ1v) is 7.17. The van der Waals surface area contributed by atoms with Gasteiger partial charge in [0.25, 0.3) is 12.1 Å². The number of sulfonamides is 1. The number of nitro groups is 1. The summed E-state index contributed by atoms with van der Waals surface area (Å²) in [5, 5.41) is 13.1. The highest BCUT2D eigenvalue weighted by atomic mass is 32.2. The van der Waals surface area contributed by atoms with Crippen LogP contribution in [0.25, 0.3) is 0 Å². The fourth-order valence-electron chi connectivity index (χ4n) is 1.52. The lowest BCUT2D eigenvalue weighted by Crippen LogP contribution is -2.30. The summed E-state index contributed by atoms with van der Waals surface area (Å²) < 4.78 is 63.2. The number of non-ortho nitro benzene ring substituents is 1. The van der Waals surface area contributed by atoms with E-state index >= 15 is 0 Å². The minimum Gasteiger partial charge on any atom is -0.384 e. The standard InChI is InChI=1S/C10H12F3N3O4S/c1-2-14-8-4-6(16(17)18)3-7(11)10(8)21(19,20)15-5-9(12)13/h3-4,9,14-15H,2,5H2,1H3. The molecule has 0 amide bonds. The maximum Gasteiger partial charge on any atom is 0.274 e. The van der Waals surface area contributed by atoms with Crippen LogP contribution in [0.4, 0.5) is 24.5 Å². The van der Waals surface area contributed by atoms with Crippen molar-refractivity contribution < 1.29 is 26.5 Å². The van der Waals surface area contributed by atoms with Crippen LogP contribution in [0.1, 0.15) is 6.92 Å². The number of benzene rings is 1. The number of nitro benzene ring substituents is 1. The van der Waals surface area contributed by atoms with E-state index in [4.69, 9.17) is 0 Å². The molecule has 0 bridgehead atoms. The number of hydrogen-bond donors (Lipinski definition) is 2. The van der Waals surface area contributed by atoms with Crippen molar-refractivity contribution in [3.8, 4) is 0 Å². The molecule has 0 radical (unpaired) electrons. The predicted octanol–water partition coefficient (Wildman–Crippen LogP) is 1.71. The Morgan fingerprint density at radius 3 is 2.48 bits per heavy atom.